The number of hydrogen-bond acceptors (Lipinski definition) is 4. The van der Waals surface area contributed by atoms with Gasteiger partial charge in [0.1, 0.15) is 5.82 Å². The number of carbonyl (C=O) groups excluding carboxylic acids is 1. The second-order valence-corrected chi connectivity index (χ2v) is 8.11. The molecule has 8 heteroatoms. The van der Waals surface area contributed by atoms with E-state index in [2.05, 4.69) is 5.32 Å². The number of halogens is 1. The Morgan fingerprint density at radius 3 is 2.48 bits per heavy atom. The molecule has 1 saturated heterocycles. The molecule has 6 nitrogen and oxygen atoms in total. The monoisotopic (exact) mass is 392 g/mol. The fraction of sp³-hybridized carbons (Fsp3) is 0.316. The molecule has 1 amide bonds. The second kappa shape index (κ2) is 8.60. The number of rotatable bonds is 6. The van der Waals surface area contributed by atoms with E-state index in [-0.39, 0.29) is 16.4 Å². The van der Waals surface area contributed by atoms with Crippen LogP contribution in [0.15, 0.2) is 53.4 Å². The summed E-state index contributed by atoms with van der Waals surface area (Å²) in [7, 11) is -3.50. The van der Waals surface area contributed by atoms with Crippen LogP contribution in [0, 0.1) is 5.82 Å². The third-order valence-electron chi connectivity index (χ3n) is 4.32. The van der Waals surface area contributed by atoms with Gasteiger partial charge < -0.3 is 10.1 Å². The maximum Gasteiger partial charge on any atom is 0.251 e. The standard InChI is InChI=1S/C19H21FN2O4S/c20-17-3-1-2-16(14-17)19(23)21-9-8-15-4-6-18(7-5-15)27(24,25)22-10-12-26-13-11-22/h1-7,14H,8-13H2,(H,21,23). The summed E-state index contributed by atoms with van der Waals surface area (Å²) in [6.45, 7) is 1.89. The molecule has 0 atom stereocenters. The van der Waals surface area contributed by atoms with Gasteiger partial charge in [-0.3, -0.25) is 4.79 Å². The van der Waals surface area contributed by atoms with E-state index in [0.717, 1.165) is 5.56 Å². The van der Waals surface area contributed by atoms with Crippen molar-refractivity contribution in [1.82, 2.24) is 9.62 Å². The Kier molecular flexibility index (Phi) is 6.20. The molecule has 1 N–H and O–H groups in total. The summed E-state index contributed by atoms with van der Waals surface area (Å²) in [4.78, 5) is 12.2. The summed E-state index contributed by atoms with van der Waals surface area (Å²) < 4.78 is 44.9. The van der Waals surface area contributed by atoms with Gasteiger partial charge in [0, 0.05) is 25.2 Å². The smallest absolute Gasteiger partial charge is 0.251 e. The minimum Gasteiger partial charge on any atom is -0.379 e. The molecule has 0 bridgehead atoms. The van der Waals surface area contributed by atoms with E-state index in [1.807, 2.05) is 0 Å². The SMILES string of the molecule is O=C(NCCc1ccc(S(=O)(=O)N2CCOCC2)cc1)c1cccc(F)c1. The molecule has 1 heterocycles. The molecule has 0 aromatic heterocycles. The van der Waals surface area contributed by atoms with E-state index in [9.17, 15) is 17.6 Å². The van der Waals surface area contributed by atoms with Crippen LogP contribution in [0.2, 0.25) is 0 Å². The van der Waals surface area contributed by atoms with Crippen molar-refractivity contribution in [3.05, 3.63) is 65.5 Å². The van der Waals surface area contributed by atoms with Crippen molar-refractivity contribution in [2.45, 2.75) is 11.3 Å². The molecular formula is C19H21FN2O4S. The quantitative estimate of drug-likeness (QED) is 0.814. The number of hydrogen-bond donors (Lipinski definition) is 1. The number of morpholine rings is 1. The molecule has 27 heavy (non-hydrogen) atoms. The molecule has 0 radical (unpaired) electrons. The van der Waals surface area contributed by atoms with Gasteiger partial charge in [-0.1, -0.05) is 18.2 Å². The second-order valence-electron chi connectivity index (χ2n) is 6.18. The lowest BCUT2D eigenvalue weighted by Crippen LogP contribution is -2.40. The van der Waals surface area contributed by atoms with Crippen LogP contribution in [-0.4, -0.2) is 51.5 Å². The van der Waals surface area contributed by atoms with E-state index < -0.39 is 15.8 Å². The number of amides is 1. The lowest BCUT2D eigenvalue weighted by Gasteiger charge is -2.26. The first-order chi connectivity index (χ1) is 13.0. The van der Waals surface area contributed by atoms with Gasteiger partial charge >= 0.3 is 0 Å². The van der Waals surface area contributed by atoms with Gasteiger partial charge in [-0.15, -0.1) is 0 Å². The van der Waals surface area contributed by atoms with Crippen molar-refractivity contribution < 1.29 is 22.3 Å². The third-order valence-corrected chi connectivity index (χ3v) is 6.23. The highest BCUT2D eigenvalue weighted by atomic mass is 32.2. The molecule has 0 spiro atoms. The average molecular weight is 392 g/mol. The van der Waals surface area contributed by atoms with Crippen LogP contribution in [0.1, 0.15) is 15.9 Å². The topological polar surface area (TPSA) is 75.7 Å². The molecule has 2 aromatic carbocycles. The van der Waals surface area contributed by atoms with Crippen LogP contribution in [0.25, 0.3) is 0 Å². The molecule has 0 aliphatic carbocycles. The molecule has 2 aromatic rings. The van der Waals surface area contributed by atoms with Gasteiger partial charge in [-0.25, -0.2) is 12.8 Å². The van der Waals surface area contributed by atoms with Crippen molar-refractivity contribution >= 4 is 15.9 Å². The van der Waals surface area contributed by atoms with E-state index >= 15 is 0 Å². The van der Waals surface area contributed by atoms with Gasteiger partial charge in [0.25, 0.3) is 5.91 Å². The van der Waals surface area contributed by atoms with Crippen LogP contribution in [0.3, 0.4) is 0 Å². The van der Waals surface area contributed by atoms with Crippen molar-refractivity contribution in [1.29, 1.82) is 0 Å². The number of ether oxygens (including phenoxy) is 1. The Labute approximate surface area is 158 Å². The zero-order chi connectivity index (χ0) is 19.3. The van der Waals surface area contributed by atoms with Crippen molar-refractivity contribution in [2.75, 3.05) is 32.8 Å². The van der Waals surface area contributed by atoms with Gasteiger partial charge in [0.15, 0.2) is 0 Å². The minimum atomic E-state index is -3.50. The summed E-state index contributed by atoms with van der Waals surface area (Å²) >= 11 is 0. The first-order valence-electron chi connectivity index (χ1n) is 8.67. The summed E-state index contributed by atoms with van der Waals surface area (Å²) in [5, 5.41) is 2.73. The molecule has 144 valence electrons. The van der Waals surface area contributed by atoms with Crippen molar-refractivity contribution in [2.24, 2.45) is 0 Å². The van der Waals surface area contributed by atoms with E-state index in [0.29, 0.717) is 39.3 Å². The first-order valence-corrected chi connectivity index (χ1v) is 10.1. The fourth-order valence-electron chi connectivity index (χ4n) is 2.82. The average Bonchev–Trinajstić information content (AvgIpc) is 2.69. The molecular weight excluding hydrogens is 371 g/mol. The molecule has 3 rings (SSSR count). The zero-order valence-electron chi connectivity index (χ0n) is 14.7. The van der Waals surface area contributed by atoms with Crippen LogP contribution in [-0.2, 0) is 21.2 Å². The third kappa shape index (κ3) is 4.91. The lowest BCUT2D eigenvalue weighted by atomic mass is 10.1. The normalized spacial score (nSPS) is 15.4. The largest absolute Gasteiger partial charge is 0.379 e. The number of carbonyl (C=O) groups is 1. The van der Waals surface area contributed by atoms with Crippen LogP contribution >= 0.6 is 0 Å². The predicted octanol–water partition coefficient (Wildman–Crippen LogP) is 1.82. The summed E-state index contributed by atoms with van der Waals surface area (Å²) in [6, 6.07) is 12.1. The van der Waals surface area contributed by atoms with Crippen LogP contribution in [0.4, 0.5) is 4.39 Å². The summed E-state index contributed by atoms with van der Waals surface area (Å²) in [6.07, 6.45) is 0.541. The highest BCUT2D eigenvalue weighted by Gasteiger charge is 2.25. The Balaban J connectivity index is 1.55. The summed E-state index contributed by atoms with van der Waals surface area (Å²) in [5.74, 6) is -0.805. The van der Waals surface area contributed by atoms with Crippen LogP contribution in [0.5, 0.6) is 0 Å². The minimum absolute atomic E-state index is 0.247. The Hall–Kier alpha value is -2.29. The van der Waals surface area contributed by atoms with E-state index in [1.165, 1.54) is 22.5 Å². The van der Waals surface area contributed by atoms with Crippen molar-refractivity contribution in [3.8, 4) is 0 Å². The van der Waals surface area contributed by atoms with E-state index in [1.54, 1.807) is 30.3 Å². The Morgan fingerprint density at radius 1 is 1.11 bits per heavy atom. The number of sulfonamides is 1. The maximum absolute atomic E-state index is 13.1. The molecule has 1 aliphatic heterocycles. The zero-order valence-corrected chi connectivity index (χ0v) is 15.5. The van der Waals surface area contributed by atoms with Gasteiger partial charge in [-0.05, 0) is 42.3 Å². The van der Waals surface area contributed by atoms with E-state index in [4.69, 9.17) is 4.74 Å². The Morgan fingerprint density at radius 2 is 1.81 bits per heavy atom. The van der Waals surface area contributed by atoms with Gasteiger partial charge in [-0.2, -0.15) is 4.31 Å². The molecule has 1 fully saturated rings. The van der Waals surface area contributed by atoms with Crippen LogP contribution < -0.4 is 5.32 Å². The Bertz CT molecular complexity index is 894. The highest BCUT2D eigenvalue weighted by Crippen LogP contribution is 2.17. The number of nitrogens with one attached hydrogen (secondary N) is 1. The number of nitrogens with zero attached hydrogens (tertiary/aromatic N) is 1. The number of benzene rings is 2. The van der Waals surface area contributed by atoms with Gasteiger partial charge in [0.05, 0.1) is 18.1 Å². The highest BCUT2D eigenvalue weighted by molar-refractivity contribution is 7.89. The van der Waals surface area contributed by atoms with Gasteiger partial charge in [0.2, 0.25) is 10.0 Å². The maximum atomic E-state index is 13.1. The molecule has 0 unspecified atom stereocenters. The molecule has 1 aliphatic rings. The summed E-state index contributed by atoms with van der Waals surface area (Å²) in [5.41, 5.74) is 1.16. The molecule has 0 saturated carbocycles. The first kappa shape index (κ1) is 19.5. The van der Waals surface area contributed by atoms with Crippen molar-refractivity contribution in [3.63, 3.8) is 0 Å². The fourth-order valence-corrected chi connectivity index (χ4v) is 4.22. The lowest BCUT2D eigenvalue weighted by molar-refractivity contribution is 0.0730. The predicted molar refractivity (Wildman–Crippen MR) is 98.5 cm³/mol.